The summed E-state index contributed by atoms with van der Waals surface area (Å²) in [5.41, 5.74) is 20.5. The Morgan fingerprint density at radius 1 is 0.188 bits per heavy atom. The van der Waals surface area contributed by atoms with Crippen molar-refractivity contribution in [3.63, 3.8) is 0 Å². The molecule has 0 saturated heterocycles. The number of furan rings is 1. The highest BCUT2D eigenvalue weighted by molar-refractivity contribution is 6.22. The summed E-state index contributed by atoms with van der Waals surface area (Å²) in [6, 6.07) is 96.9. The molecule has 0 aliphatic heterocycles. The largest absolute Gasteiger partial charge is 0.455 e. The van der Waals surface area contributed by atoms with Crippen LogP contribution in [0.25, 0.3) is 132 Å². The zero-order valence-corrected chi connectivity index (χ0v) is 37.8. The second kappa shape index (κ2) is 17.0. The number of rotatable bonds is 8. The summed E-state index contributed by atoms with van der Waals surface area (Å²) in [5.74, 6) is 0. The van der Waals surface area contributed by atoms with Gasteiger partial charge in [-0.25, -0.2) is 0 Å². The first-order valence-corrected chi connectivity index (χ1v) is 23.7. The Bertz CT molecular complexity index is 4030. The molecular formula is C68H44O. The van der Waals surface area contributed by atoms with E-state index in [4.69, 9.17) is 4.42 Å². The van der Waals surface area contributed by atoms with Crippen LogP contribution in [0.1, 0.15) is 0 Å². The van der Waals surface area contributed by atoms with Gasteiger partial charge in [0.1, 0.15) is 11.2 Å². The molecule has 0 unspecified atom stereocenters. The summed E-state index contributed by atoms with van der Waals surface area (Å²) >= 11 is 0. The fourth-order valence-electron chi connectivity index (χ4n) is 10.5. The zero-order valence-electron chi connectivity index (χ0n) is 37.8. The molecule has 1 heterocycles. The molecule has 1 nitrogen and oxygen atoms in total. The van der Waals surface area contributed by atoms with Crippen LogP contribution in [-0.4, -0.2) is 0 Å². The van der Waals surface area contributed by atoms with Crippen molar-refractivity contribution in [3.8, 4) is 89.0 Å². The van der Waals surface area contributed by atoms with Gasteiger partial charge >= 0.3 is 0 Å². The van der Waals surface area contributed by atoms with Crippen LogP contribution in [0.15, 0.2) is 271 Å². The van der Waals surface area contributed by atoms with Gasteiger partial charge in [0, 0.05) is 16.3 Å². The second-order valence-electron chi connectivity index (χ2n) is 18.0. The van der Waals surface area contributed by atoms with E-state index in [0.29, 0.717) is 0 Å². The van der Waals surface area contributed by atoms with Gasteiger partial charge < -0.3 is 4.42 Å². The highest BCUT2D eigenvalue weighted by Crippen LogP contribution is 2.46. The van der Waals surface area contributed by atoms with E-state index in [0.717, 1.165) is 60.9 Å². The lowest BCUT2D eigenvalue weighted by atomic mass is 9.84. The summed E-state index contributed by atoms with van der Waals surface area (Å²) in [4.78, 5) is 0. The molecule has 1 aromatic heterocycles. The van der Waals surface area contributed by atoms with Gasteiger partial charge in [0.15, 0.2) is 0 Å². The zero-order chi connectivity index (χ0) is 45.7. The third-order valence-electron chi connectivity index (χ3n) is 13.8. The molecule has 0 spiro atoms. The molecule has 0 radical (unpaired) electrons. The van der Waals surface area contributed by atoms with Gasteiger partial charge in [0.25, 0.3) is 0 Å². The first kappa shape index (κ1) is 40.3. The molecule has 13 rings (SSSR count). The lowest BCUT2D eigenvalue weighted by molar-refractivity contribution is 0.670. The highest BCUT2D eigenvalue weighted by Gasteiger charge is 2.20. The van der Waals surface area contributed by atoms with Crippen molar-refractivity contribution < 1.29 is 4.42 Å². The topological polar surface area (TPSA) is 13.1 Å². The minimum atomic E-state index is 0.866. The van der Waals surface area contributed by atoms with Crippen molar-refractivity contribution in [2.75, 3.05) is 0 Å². The second-order valence-corrected chi connectivity index (χ2v) is 18.0. The van der Waals surface area contributed by atoms with Crippen LogP contribution in [0, 0.1) is 0 Å². The van der Waals surface area contributed by atoms with Gasteiger partial charge in [-0.1, -0.05) is 218 Å². The molecule has 0 fully saturated rings. The van der Waals surface area contributed by atoms with Gasteiger partial charge in [-0.15, -0.1) is 0 Å². The van der Waals surface area contributed by atoms with Crippen molar-refractivity contribution in [3.05, 3.63) is 267 Å². The van der Waals surface area contributed by atoms with Crippen LogP contribution in [0.3, 0.4) is 0 Å². The molecule has 0 bridgehead atoms. The quantitative estimate of drug-likeness (QED) is 0.139. The highest BCUT2D eigenvalue weighted by atomic mass is 16.3. The minimum Gasteiger partial charge on any atom is -0.455 e. The van der Waals surface area contributed by atoms with E-state index in [2.05, 4.69) is 267 Å². The van der Waals surface area contributed by atoms with Crippen LogP contribution < -0.4 is 0 Å². The van der Waals surface area contributed by atoms with Gasteiger partial charge in [-0.2, -0.15) is 0 Å². The van der Waals surface area contributed by atoms with Gasteiger partial charge in [0.05, 0.1) is 0 Å². The average molecular weight is 877 g/mol. The first-order valence-electron chi connectivity index (χ1n) is 23.7. The normalized spacial score (nSPS) is 11.5. The molecule has 0 saturated carbocycles. The van der Waals surface area contributed by atoms with Crippen molar-refractivity contribution in [2.24, 2.45) is 0 Å². The van der Waals surface area contributed by atoms with Crippen molar-refractivity contribution in [1.29, 1.82) is 0 Å². The number of hydrogen-bond acceptors (Lipinski definition) is 1. The SMILES string of the molecule is c1ccc(-c2cccc(-c3ccc4oc5c(-c6cccc(-c7ccc8c(-c9ccccc9)c9ccccc9c(-c9ccccc9)c8c7)c6)cc(-c6cccc(-c7ccccc7)c6)cc5c4c3)c2)cc1. The van der Waals surface area contributed by atoms with Crippen LogP contribution in [0.5, 0.6) is 0 Å². The lowest BCUT2D eigenvalue weighted by Crippen LogP contribution is -1.91. The Morgan fingerprint density at radius 3 is 1.10 bits per heavy atom. The maximum Gasteiger partial charge on any atom is 0.143 e. The Kier molecular flexibility index (Phi) is 9.91. The van der Waals surface area contributed by atoms with E-state index < -0.39 is 0 Å². The first-order chi connectivity index (χ1) is 34.2. The maximum atomic E-state index is 6.97. The van der Waals surface area contributed by atoms with E-state index in [1.807, 2.05) is 0 Å². The summed E-state index contributed by atoms with van der Waals surface area (Å²) in [6.45, 7) is 0. The van der Waals surface area contributed by atoms with Crippen LogP contribution in [-0.2, 0) is 0 Å². The Labute approximate surface area is 401 Å². The molecular weight excluding hydrogens is 833 g/mol. The summed E-state index contributed by atoms with van der Waals surface area (Å²) in [5, 5.41) is 7.14. The Balaban J connectivity index is 1.00. The third kappa shape index (κ3) is 7.29. The maximum absolute atomic E-state index is 6.97. The summed E-state index contributed by atoms with van der Waals surface area (Å²) < 4.78 is 6.97. The van der Waals surface area contributed by atoms with E-state index in [-0.39, 0.29) is 0 Å². The predicted octanol–water partition coefficient (Wildman–Crippen LogP) is 19.2. The molecule has 69 heavy (non-hydrogen) atoms. The fraction of sp³-hybridized carbons (Fsp3) is 0. The molecule has 0 atom stereocenters. The summed E-state index contributed by atoms with van der Waals surface area (Å²) in [6.07, 6.45) is 0. The molecule has 322 valence electrons. The summed E-state index contributed by atoms with van der Waals surface area (Å²) in [7, 11) is 0. The molecule has 0 N–H and O–H groups in total. The average Bonchev–Trinajstić information content (AvgIpc) is 3.81. The molecule has 12 aromatic carbocycles. The van der Waals surface area contributed by atoms with Gasteiger partial charge in [0.2, 0.25) is 0 Å². The molecule has 0 aliphatic rings. The van der Waals surface area contributed by atoms with Crippen LogP contribution >= 0.6 is 0 Å². The van der Waals surface area contributed by atoms with Gasteiger partial charge in [-0.3, -0.25) is 0 Å². The molecule has 0 aliphatic carbocycles. The third-order valence-corrected chi connectivity index (χ3v) is 13.8. The standard InChI is InChI=1S/C68H44O/c1-5-18-45(19-6-1)49-26-15-28-51(38-49)55-35-37-65-62(41-55)64-44-57(53-30-16-27-50(39-53)46-20-7-2-8-21-46)43-61(68(64)69-65)56-31-17-29-52(40-56)54-34-36-60-63(42-54)67(48-24-11-4-12-25-48)59-33-14-13-32-58(59)66(60)47-22-9-3-10-23-47/h1-44H. The van der Waals surface area contributed by atoms with E-state index in [1.165, 1.54) is 71.6 Å². The van der Waals surface area contributed by atoms with E-state index in [9.17, 15) is 0 Å². The van der Waals surface area contributed by atoms with Crippen molar-refractivity contribution in [2.45, 2.75) is 0 Å². The number of fused-ring (bicyclic) bond motifs is 5. The van der Waals surface area contributed by atoms with E-state index >= 15 is 0 Å². The van der Waals surface area contributed by atoms with Gasteiger partial charge in [-0.05, 0) is 154 Å². The smallest absolute Gasteiger partial charge is 0.143 e. The molecule has 0 amide bonds. The lowest BCUT2D eigenvalue weighted by Gasteiger charge is -2.19. The van der Waals surface area contributed by atoms with Crippen molar-refractivity contribution >= 4 is 43.5 Å². The molecule has 1 heteroatoms. The molecule has 13 aromatic rings. The Hall–Kier alpha value is -9.04. The van der Waals surface area contributed by atoms with Crippen LogP contribution in [0.4, 0.5) is 0 Å². The van der Waals surface area contributed by atoms with Crippen LogP contribution in [0.2, 0.25) is 0 Å². The monoisotopic (exact) mass is 876 g/mol. The predicted molar refractivity (Wildman–Crippen MR) is 292 cm³/mol. The van der Waals surface area contributed by atoms with E-state index in [1.54, 1.807) is 0 Å². The minimum absolute atomic E-state index is 0.866. The number of hydrogen-bond donors (Lipinski definition) is 0. The number of benzene rings is 12. The fourth-order valence-corrected chi connectivity index (χ4v) is 10.5. The van der Waals surface area contributed by atoms with Crippen molar-refractivity contribution in [1.82, 2.24) is 0 Å². The Morgan fingerprint density at radius 2 is 0.551 bits per heavy atom.